The summed E-state index contributed by atoms with van der Waals surface area (Å²) < 4.78 is 4.59. The summed E-state index contributed by atoms with van der Waals surface area (Å²) in [6.45, 7) is 2.30. The molecule has 0 saturated heterocycles. The lowest BCUT2D eigenvalue weighted by Gasteiger charge is -2.09. The topological polar surface area (TPSA) is 63.6 Å². The van der Waals surface area contributed by atoms with Gasteiger partial charge in [0, 0.05) is 0 Å². The van der Waals surface area contributed by atoms with Gasteiger partial charge in [0.1, 0.15) is 0 Å². The molecular formula is C48H94O4. The van der Waals surface area contributed by atoms with Crippen molar-refractivity contribution in [1.82, 2.24) is 0 Å². The van der Waals surface area contributed by atoms with Crippen molar-refractivity contribution < 1.29 is 19.4 Å². The summed E-state index contributed by atoms with van der Waals surface area (Å²) in [7, 11) is 1.25. The highest BCUT2D eigenvalue weighted by molar-refractivity contribution is 5.93. The largest absolute Gasteiger partial charge is 0.481 e. The van der Waals surface area contributed by atoms with Gasteiger partial charge in [-0.1, -0.05) is 277 Å². The first-order valence-electron chi connectivity index (χ1n) is 23.9. The van der Waals surface area contributed by atoms with Gasteiger partial charge in [0.05, 0.1) is 7.11 Å². The quantitative estimate of drug-likeness (QED) is 0.0384. The maximum atomic E-state index is 11.5. The van der Waals surface area contributed by atoms with Gasteiger partial charge in [0.25, 0.3) is 0 Å². The minimum Gasteiger partial charge on any atom is -0.481 e. The first kappa shape index (κ1) is 50.9. The van der Waals surface area contributed by atoms with E-state index in [-0.39, 0.29) is 0 Å². The molecule has 1 N–H and O–H groups in total. The number of aliphatic carboxylic acids is 1. The number of carboxylic acids is 1. The van der Waals surface area contributed by atoms with Crippen molar-refractivity contribution in [2.45, 2.75) is 283 Å². The Hall–Kier alpha value is -1.06. The minimum atomic E-state index is -1.07. The van der Waals surface area contributed by atoms with Crippen molar-refractivity contribution in [2.75, 3.05) is 7.11 Å². The van der Waals surface area contributed by atoms with Gasteiger partial charge in [-0.2, -0.15) is 0 Å². The Labute approximate surface area is 326 Å². The van der Waals surface area contributed by atoms with Crippen LogP contribution in [0.1, 0.15) is 283 Å². The van der Waals surface area contributed by atoms with Crippen LogP contribution in [0.25, 0.3) is 0 Å². The van der Waals surface area contributed by atoms with Crippen LogP contribution in [0.3, 0.4) is 0 Å². The molecule has 0 rings (SSSR count). The molecule has 0 radical (unpaired) electrons. The third-order valence-corrected chi connectivity index (χ3v) is 11.6. The zero-order chi connectivity index (χ0) is 37.8. The Morgan fingerprint density at radius 1 is 0.346 bits per heavy atom. The molecule has 0 aliphatic rings. The summed E-state index contributed by atoms with van der Waals surface area (Å²) in [6.07, 6.45) is 59.5. The van der Waals surface area contributed by atoms with E-state index in [1.165, 1.54) is 258 Å². The molecule has 0 aliphatic heterocycles. The molecule has 0 heterocycles. The van der Waals surface area contributed by atoms with Crippen molar-refractivity contribution in [2.24, 2.45) is 5.92 Å². The number of carboxylic acid groups (broad SMARTS) is 1. The van der Waals surface area contributed by atoms with Crippen molar-refractivity contribution >= 4 is 11.9 Å². The number of carbonyl (C=O) groups is 2. The Kier molecular flexibility index (Phi) is 43.4. The third-order valence-electron chi connectivity index (χ3n) is 11.6. The zero-order valence-electron chi connectivity index (χ0n) is 35.7. The summed E-state index contributed by atoms with van der Waals surface area (Å²) in [5.74, 6) is -2.68. The van der Waals surface area contributed by atoms with Crippen molar-refractivity contribution in [3.8, 4) is 0 Å². The van der Waals surface area contributed by atoms with E-state index < -0.39 is 17.9 Å². The zero-order valence-corrected chi connectivity index (χ0v) is 35.7. The number of ether oxygens (including phenoxy) is 1. The van der Waals surface area contributed by atoms with Gasteiger partial charge in [0.2, 0.25) is 0 Å². The molecule has 310 valence electrons. The summed E-state index contributed by atoms with van der Waals surface area (Å²) >= 11 is 0. The van der Waals surface area contributed by atoms with Gasteiger partial charge >= 0.3 is 11.9 Å². The van der Waals surface area contributed by atoms with Gasteiger partial charge in [-0.15, -0.1) is 0 Å². The molecule has 52 heavy (non-hydrogen) atoms. The van der Waals surface area contributed by atoms with Crippen LogP contribution in [0.5, 0.6) is 0 Å². The molecule has 0 aliphatic carbocycles. The SMILES string of the molecule is CCCCCCCCCCCCCCCCCCCCCCCCCCCCCCCCCCCCCCCCCCCCC(C(=O)O)C(=O)OC. The average Bonchev–Trinajstić information content (AvgIpc) is 3.14. The van der Waals surface area contributed by atoms with Gasteiger partial charge in [0.15, 0.2) is 5.92 Å². The van der Waals surface area contributed by atoms with E-state index in [0.29, 0.717) is 6.42 Å². The number of rotatable bonds is 45. The van der Waals surface area contributed by atoms with Crippen LogP contribution in [-0.4, -0.2) is 24.2 Å². The van der Waals surface area contributed by atoms with Crippen LogP contribution >= 0.6 is 0 Å². The standard InChI is InChI=1S/C48H94O4/c1-3-4-5-6-7-8-9-10-11-12-13-14-15-16-17-18-19-20-21-22-23-24-25-26-27-28-29-30-31-32-33-34-35-36-37-38-39-40-41-42-43-44-45-46(47(49)50)48(51)52-2/h46H,3-45H2,1-2H3,(H,49,50). The van der Waals surface area contributed by atoms with Crippen LogP contribution in [-0.2, 0) is 14.3 Å². The van der Waals surface area contributed by atoms with E-state index in [2.05, 4.69) is 11.7 Å². The molecule has 0 aromatic heterocycles. The molecule has 0 saturated carbocycles. The van der Waals surface area contributed by atoms with Crippen LogP contribution < -0.4 is 0 Å². The van der Waals surface area contributed by atoms with Crippen LogP contribution in [0.2, 0.25) is 0 Å². The van der Waals surface area contributed by atoms with Crippen LogP contribution in [0.15, 0.2) is 0 Å². The van der Waals surface area contributed by atoms with Crippen LogP contribution in [0, 0.1) is 5.92 Å². The smallest absolute Gasteiger partial charge is 0.320 e. The Bertz CT molecular complexity index is 706. The number of esters is 1. The highest BCUT2D eigenvalue weighted by atomic mass is 16.5. The lowest BCUT2D eigenvalue weighted by Crippen LogP contribution is -2.24. The average molecular weight is 735 g/mol. The van der Waals surface area contributed by atoms with Gasteiger partial charge in [-0.3, -0.25) is 9.59 Å². The maximum absolute atomic E-state index is 11.5. The molecule has 0 aromatic carbocycles. The second kappa shape index (κ2) is 44.3. The predicted molar refractivity (Wildman–Crippen MR) is 227 cm³/mol. The Morgan fingerprint density at radius 3 is 0.673 bits per heavy atom. The summed E-state index contributed by atoms with van der Waals surface area (Å²) in [6, 6.07) is 0. The van der Waals surface area contributed by atoms with E-state index >= 15 is 0 Å². The number of hydrogen-bond acceptors (Lipinski definition) is 3. The first-order valence-corrected chi connectivity index (χ1v) is 23.9. The maximum Gasteiger partial charge on any atom is 0.320 e. The van der Waals surface area contributed by atoms with E-state index in [9.17, 15) is 9.59 Å². The molecule has 0 amide bonds. The lowest BCUT2D eigenvalue weighted by atomic mass is 10.00. The highest BCUT2D eigenvalue weighted by Gasteiger charge is 2.26. The third kappa shape index (κ3) is 40.1. The number of methoxy groups -OCH3 is 1. The van der Waals surface area contributed by atoms with E-state index in [4.69, 9.17) is 5.11 Å². The lowest BCUT2D eigenvalue weighted by molar-refractivity contribution is -0.157. The number of hydrogen-bond donors (Lipinski definition) is 1. The molecular weight excluding hydrogens is 641 g/mol. The fourth-order valence-electron chi connectivity index (χ4n) is 7.98. The first-order chi connectivity index (χ1) is 25.6. The molecule has 4 nitrogen and oxygen atoms in total. The number of carbonyl (C=O) groups excluding carboxylic acids is 1. The van der Waals surface area contributed by atoms with Gasteiger partial charge in [-0.25, -0.2) is 0 Å². The normalized spacial score (nSPS) is 12.0. The number of unbranched alkanes of at least 4 members (excludes halogenated alkanes) is 41. The monoisotopic (exact) mass is 735 g/mol. The Balaban J connectivity index is 3.13. The molecule has 1 unspecified atom stereocenters. The van der Waals surface area contributed by atoms with Crippen LogP contribution in [0.4, 0.5) is 0 Å². The fraction of sp³-hybridized carbons (Fsp3) is 0.958. The highest BCUT2D eigenvalue weighted by Crippen LogP contribution is 2.19. The molecule has 4 heteroatoms. The second-order valence-electron chi connectivity index (χ2n) is 16.7. The van der Waals surface area contributed by atoms with Crippen molar-refractivity contribution in [1.29, 1.82) is 0 Å². The van der Waals surface area contributed by atoms with Gasteiger partial charge < -0.3 is 9.84 Å². The molecule has 0 fully saturated rings. The summed E-state index contributed by atoms with van der Waals surface area (Å²) in [5.41, 5.74) is 0. The molecule has 0 aromatic rings. The summed E-state index contributed by atoms with van der Waals surface area (Å²) in [4.78, 5) is 22.6. The predicted octanol–water partition coefficient (Wildman–Crippen LogP) is 16.7. The second-order valence-corrected chi connectivity index (χ2v) is 16.7. The van der Waals surface area contributed by atoms with E-state index in [1.54, 1.807) is 0 Å². The Morgan fingerprint density at radius 2 is 0.519 bits per heavy atom. The summed E-state index contributed by atoms with van der Waals surface area (Å²) in [5, 5.41) is 9.11. The fourth-order valence-corrected chi connectivity index (χ4v) is 7.98. The molecule has 1 atom stereocenters. The molecule has 0 spiro atoms. The van der Waals surface area contributed by atoms with Gasteiger partial charge in [-0.05, 0) is 6.42 Å². The van der Waals surface area contributed by atoms with Crippen molar-refractivity contribution in [3.63, 3.8) is 0 Å². The van der Waals surface area contributed by atoms with E-state index in [0.717, 1.165) is 19.3 Å². The van der Waals surface area contributed by atoms with E-state index in [1.807, 2.05) is 0 Å². The van der Waals surface area contributed by atoms with Crippen molar-refractivity contribution in [3.05, 3.63) is 0 Å². The molecule has 0 bridgehead atoms. The minimum absolute atomic E-state index is 0.391.